The van der Waals surface area contributed by atoms with Gasteiger partial charge in [0.15, 0.2) is 5.96 Å². The summed E-state index contributed by atoms with van der Waals surface area (Å²) in [5.74, 6) is 0.801. The Labute approximate surface area is 198 Å². The van der Waals surface area contributed by atoms with Crippen LogP contribution in [0.25, 0.3) is 0 Å². The first kappa shape index (κ1) is 24.6. The van der Waals surface area contributed by atoms with Crippen molar-refractivity contribution >= 4 is 29.9 Å². The molecule has 2 aromatic carbocycles. The first-order valence-corrected chi connectivity index (χ1v) is 10.6. The molecule has 30 heavy (non-hydrogen) atoms. The Bertz CT molecular complexity index is 773. The first-order chi connectivity index (χ1) is 14.3. The van der Waals surface area contributed by atoms with Crippen LogP contribution in [-0.4, -0.2) is 38.1 Å². The van der Waals surface area contributed by atoms with Gasteiger partial charge in [0.05, 0.1) is 6.61 Å². The molecule has 0 aromatic heterocycles. The molecule has 1 heterocycles. The lowest BCUT2D eigenvalue weighted by Gasteiger charge is -2.26. The smallest absolute Gasteiger partial charge is 0.191 e. The van der Waals surface area contributed by atoms with Crippen LogP contribution < -0.4 is 10.6 Å². The normalized spacial score (nSPS) is 14.8. The summed E-state index contributed by atoms with van der Waals surface area (Å²) >= 11 is 0. The van der Waals surface area contributed by atoms with Gasteiger partial charge in [0.1, 0.15) is 0 Å². The molecule has 164 valence electrons. The monoisotopic (exact) mass is 522 g/mol. The van der Waals surface area contributed by atoms with Crippen LogP contribution in [0.5, 0.6) is 0 Å². The van der Waals surface area contributed by atoms with Crippen LogP contribution >= 0.6 is 24.0 Å². The highest BCUT2D eigenvalue weighted by molar-refractivity contribution is 14.0. The number of guanidine groups is 1. The van der Waals surface area contributed by atoms with Gasteiger partial charge in [-0.25, -0.2) is 0 Å². The number of ether oxygens (including phenoxy) is 1. The van der Waals surface area contributed by atoms with E-state index in [2.05, 4.69) is 63.0 Å². The van der Waals surface area contributed by atoms with Crippen molar-refractivity contribution in [3.63, 3.8) is 0 Å². The standard InChI is InChI=1S/C24H34N4O.HI/c1-25-24(27-17-22-8-4-5-9-23(22)19-29-2)26-16-20-10-12-21(13-11-20)18-28-14-6-3-7-15-28;/h4-5,8-13H,3,6-7,14-19H2,1-2H3,(H2,25,26,27);1H. The number of piperidine rings is 1. The van der Waals surface area contributed by atoms with Gasteiger partial charge in [-0.1, -0.05) is 55.0 Å². The number of nitrogens with zero attached hydrogens (tertiary/aromatic N) is 2. The maximum Gasteiger partial charge on any atom is 0.191 e. The summed E-state index contributed by atoms with van der Waals surface area (Å²) < 4.78 is 5.29. The molecular weight excluding hydrogens is 487 g/mol. The number of aliphatic imine (C=N–C) groups is 1. The molecule has 0 atom stereocenters. The van der Waals surface area contributed by atoms with Crippen LogP contribution in [0.4, 0.5) is 0 Å². The number of likely N-dealkylation sites (tertiary alicyclic amines) is 1. The predicted molar refractivity (Wildman–Crippen MR) is 135 cm³/mol. The zero-order chi connectivity index (χ0) is 20.3. The number of methoxy groups -OCH3 is 1. The highest BCUT2D eigenvalue weighted by Crippen LogP contribution is 2.14. The van der Waals surface area contributed by atoms with Crippen LogP contribution in [0.15, 0.2) is 53.5 Å². The van der Waals surface area contributed by atoms with Crippen molar-refractivity contribution in [2.75, 3.05) is 27.2 Å². The molecule has 0 spiro atoms. The van der Waals surface area contributed by atoms with E-state index >= 15 is 0 Å². The number of benzene rings is 2. The lowest BCUT2D eigenvalue weighted by atomic mass is 10.1. The van der Waals surface area contributed by atoms with Crippen molar-refractivity contribution in [3.05, 3.63) is 70.8 Å². The molecule has 2 N–H and O–H groups in total. The fourth-order valence-electron chi connectivity index (χ4n) is 3.75. The van der Waals surface area contributed by atoms with Gasteiger partial charge < -0.3 is 15.4 Å². The Morgan fingerprint density at radius 1 is 0.900 bits per heavy atom. The van der Waals surface area contributed by atoms with E-state index in [-0.39, 0.29) is 24.0 Å². The molecule has 1 saturated heterocycles. The lowest BCUT2D eigenvalue weighted by molar-refractivity contribution is 0.184. The maximum atomic E-state index is 5.29. The largest absolute Gasteiger partial charge is 0.380 e. The van der Waals surface area contributed by atoms with E-state index in [9.17, 15) is 0 Å². The Hall–Kier alpha value is -1.64. The molecule has 1 fully saturated rings. The third-order valence-electron chi connectivity index (χ3n) is 5.43. The zero-order valence-corrected chi connectivity index (χ0v) is 20.5. The van der Waals surface area contributed by atoms with Crippen molar-refractivity contribution in [1.29, 1.82) is 0 Å². The molecule has 0 saturated carbocycles. The average Bonchev–Trinajstić information content (AvgIpc) is 2.77. The summed E-state index contributed by atoms with van der Waals surface area (Å²) in [5, 5.41) is 6.80. The summed E-state index contributed by atoms with van der Waals surface area (Å²) in [5.41, 5.74) is 5.07. The van der Waals surface area contributed by atoms with Crippen LogP contribution in [0.2, 0.25) is 0 Å². The molecule has 3 rings (SSSR count). The Morgan fingerprint density at radius 2 is 1.53 bits per heavy atom. The Morgan fingerprint density at radius 3 is 2.20 bits per heavy atom. The molecule has 0 amide bonds. The van der Waals surface area contributed by atoms with Crippen molar-refractivity contribution in [3.8, 4) is 0 Å². The van der Waals surface area contributed by atoms with Crippen LogP contribution in [0.1, 0.15) is 41.5 Å². The van der Waals surface area contributed by atoms with E-state index in [1.165, 1.54) is 54.6 Å². The molecule has 0 radical (unpaired) electrons. The number of rotatable bonds is 8. The van der Waals surface area contributed by atoms with Gasteiger partial charge in [-0.2, -0.15) is 0 Å². The Kier molecular flexibility index (Phi) is 11.2. The van der Waals surface area contributed by atoms with Crippen molar-refractivity contribution < 1.29 is 4.74 Å². The number of nitrogens with one attached hydrogen (secondary N) is 2. The van der Waals surface area contributed by atoms with E-state index in [0.717, 1.165) is 19.0 Å². The summed E-state index contributed by atoms with van der Waals surface area (Å²) in [6, 6.07) is 17.3. The second-order valence-electron chi connectivity index (χ2n) is 7.63. The van der Waals surface area contributed by atoms with Gasteiger partial charge in [0.2, 0.25) is 0 Å². The minimum atomic E-state index is 0. The quantitative estimate of drug-likeness (QED) is 0.309. The van der Waals surface area contributed by atoms with Crippen molar-refractivity contribution in [2.45, 2.75) is 45.5 Å². The van der Waals surface area contributed by atoms with Gasteiger partial charge in [0, 0.05) is 33.8 Å². The van der Waals surface area contributed by atoms with Gasteiger partial charge >= 0.3 is 0 Å². The molecular formula is C24H35IN4O. The maximum absolute atomic E-state index is 5.29. The van der Waals surface area contributed by atoms with Crippen LogP contribution in [0, 0.1) is 0 Å². The zero-order valence-electron chi connectivity index (χ0n) is 18.2. The Balaban J connectivity index is 0.00000320. The summed E-state index contributed by atoms with van der Waals surface area (Å²) in [7, 11) is 3.53. The molecule has 2 aromatic rings. The number of hydrogen-bond acceptors (Lipinski definition) is 3. The SMILES string of the molecule is CN=C(NCc1ccc(CN2CCCCC2)cc1)NCc1ccccc1COC.I. The summed E-state index contributed by atoms with van der Waals surface area (Å²) in [6.07, 6.45) is 4.06. The third kappa shape index (κ3) is 7.89. The minimum Gasteiger partial charge on any atom is -0.380 e. The number of halogens is 1. The highest BCUT2D eigenvalue weighted by atomic mass is 127. The van der Waals surface area contributed by atoms with Gasteiger partial charge in [-0.3, -0.25) is 9.89 Å². The minimum absolute atomic E-state index is 0. The third-order valence-corrected chi connectivity index (χ3v) is 5.43. The van der Waals surface area contributed by atoms with E-state index in [1.807, 2.05) is 6.07 Å². The second kappa shape index (κ2) is 13.6. The topological polar surface area (TPSA) is 48.9 Å². The van der Waals surface area contributed by atoms with E-state index < -0.39 is 0 Å². The highest BCUT2D eigenvalue weighted by Gasteiger charge is 2.10. The first-order valence-electron chi connectivity index (χ1n) is 10.6. The van der Waals surface area contributed by atoms with Gasteiger partial charge in [-0.15, -0.1) is 24.0 Å². The van der Waals surface area contributed by atoms with Crippen LogP contribution in [-0.2, 0) is 31.0 Å². The average molecular weight is 522 g/mol. The molecule has 0 unspecified atom stereocenters. The van der Waals surface area contributed by atoms with Crippen LogP contribution in [0.3, 0.4) is 0 Å². The summed E-state index contributed by atoms with van der Waals surface area (Å²) in [6.45, 7) is 5.63. The van der Waals surface area contributed by atoms with Gasteiger partial charge in [-0.05, 0) is 48.2 Å². The second-order valence-corrected chi connectivity index (χ2v) is 7.63. The fraction of sp³-hybridized carbons (Fsp3) is 0.458. The van der Waals surface area contributed by atoms with E-state index in [1.54, 1.807) is 14.2 Å². The molecule has 5 nitrogen and oxygen atoms in total. The molecule has 6 heteroatoms. The van der Waals surface area contributed by atoms with Crippen molar-refractivity contribution in [2.24, 2.45) is 4.99 Å². The molecule has 0 bridgehead atoms. The van der Waals surface area contributed by atoms with Gasteiger partial charge in [0.25, 0.3) is 0 Å². The molecule has 1 aliphatic rings. The van der Waals surface area contributed by atoms with E-state index in [0.29, 0.717) is 13.2 Å². The summed E-state index contributed by atoms with van der Waals surface area (Å²) in [4.78, 5) is 6.90. The fourth-order valence-corrected chi connectivity index (χ4v) is 3.75. The predicted octanol–water partition coefficient (Wildman–Crippen LogP) is 4.30. The van der Waals surface area contributed by atoms with E-state index in [4.69, 9.17) is 4.74 Å². The van der Waals surface area contributed by atoms with Crippen molar-refractivity contribution in [1.82, 2.24) is 15.5 Å². The number of hydrogen-bond donors (Lipinski definition) is 2. The lowest BCUT2D eigenvalue weighted by Crippen LogP contribution is -2.36. The molecule has 0 aliphatic carbocycles. The molecule has 1 aliphatic heterocycles.